The predicted octanol–water partition coefficient (Wildman–Crippen LogP) is 6.27. The number of thiophene rings is 1. The van der Waals surface area contributed by atoms with Crippen molar-refractivity contribution in [3.63, 3.8) is 0 Å². The summed E-state index contributed by atoms with van der Waals surface area (Å²) in [4.78, 5) is 18.6. The van der Waals surface area contributed by atoms with E-state index in [1.54, 1.807) is 29.6 Å². The first-order chi connectivity index (χ1) is 19.7. The largest absolute Gasteiger partial charge is 0.420 e. The van der Waals surface area contributed by atoms with Crippen LogP contribution in [0.3, 0.4) is 0 Å². The zero-order valence-electron chi connectivity index (χ0n) is 21.9. The van der Waals surface area contributed by atoms with Crippen molar-refractivity contribution in [2.75, 3.05) is 55.7 Å². The van der Waals surface area contributed by atoms with Crippen LogP contribution in [0.2, 0.25) is 0 Å². The highest BCUT2D eigenvalue weighted by Gasteiger charge is 2.56. The van der Waals surface area contributed by atoms with E-state index in [1.165, 1.54) is 22.3 Å². The van der Waals surface area contributed by atoms with Gasteiger partial charge >= 0.3 is 12.3 Å². The fourth-order valence-corrected chi connectivity index (χ4v) is 6.50. The molecule has 1 amide bonds. The first-order valence-corrected chi connectivity index (χ1v) is 14.3. The highest BCUT2D eigenvalue weighted by atomic mass is 32.1. The van der Waals surface area contributed by atoms with Gasteiger partial charge in [0, 0.05) is 44.8 Å². The third-order valence-corrected chi connectivity index (χ3v) is 8.85. The van der Waals surface area contributed by atoms with Crippen LogP contribution >= 0.6 is 11.3 Å². The zero-order valence-corrected chi connectivity index (χ0v) is 22.8. The van der Waals surface area contributed by atoms with Gasteiger partial charge in [0.2, 0.25) is 0 Å². The quantitative estimate of drug-likeness (QED) is 0.303. The molecule has 6 nitrogen and oxygen atoms in total. The van der Waals surface area contributed by atoms with Gasteiger partial charge in [-0.3, -0.25) is 9.80 Å². The van der Waals surface area contributed by atoms with Crippen molar-refractivity contribution >= 4 is 28.8 Å². The van der Waals surface area contributed by atoms with Crippen LogP contribution < -0.4 is 14.5 Å². The van der Waals surface area contributed by atoms with Gasteiger partial charge in [-0.1, -0.05) is 0 Å². The lowest BCUT2D eigenvalue weighted by Gasteiger charge is -2.30. The zero-order chi connectivity index (χ0) is 28.7. The molecule has 2 aliphatic heterocycles. The molecule has 0 N–H and O–H groups in total. The number of nitrogens with zero attached hydrogens (tertiary/aromatic N) is 3. The van der Waals surface area contributed by atoms with Crippen LogP contribution in [-0.2, 0) is 17.5 Å². The second-order valence-corrected chi connectivity index (χ2v) is 11.5. The normalized spacial score (nSPS) is 22.5. The topological polar surface area (TPSA) is 45.2 Å². The van der Waals surface area contributed by atoms with Crippen LogP contribution in [0.1, 0.15) is 11.1 Å². The van der Waals surface area contributed by atoms with Crippen molar-refractivity contribution in [1.82, 2.24) is 4.90 Å². The molecule has 2 aromatic carbocycles. The predicted molar refractivity (Wildman–Crippen MR) is 144 cm³/mol. The molecule has 0 radical (unpaired) electrons. The molecular formula is C29H28F5N3O3S. The van der Waals surface area contributed by atoms with Crippen molar-refractivity contribution in [3.8, 4) is 5.06 Å². The third-order valence-electron chi connectivity index (χ3n) is 8.11. The smallest absolute Gasteiger partial charge is 0.399 e. The molecule has 3 aliphatic rings. The van der Waals surface area contributed by atoms with Gasteiger partial charge < -0.3 is 14.4 Å². The van der Waals surface area contributed by atoms with E-state index < -0.39 is 29.5 Å². The summed E-state index contributed by atoms with van der Waals surface area (Å²) in [6.45, 7) is 3.71. The van der Waals surface area contributed by atoms with E-state index in [0.29, 0.717) is 62.4 Å². The van der Waals surface area contributed by atoms with E-state index >= 15 is 4.39 Å². The average Bonchev–Trinajstić information content (AvgIpc) is 3.28. The number of rotatable bonds is 7. The Labute approximate surface area is 237 Å². The number of anilines is 2. The Bertz CT molecular complexity index is 1380. The van der Waals surface area contributed by atoms with Crippen LogP contribution in [-0.4, -0.2) is 56.9 Å². The lowest BCUT2D eigenvalue weighted by Crippen LogP contribution is -2.38. The number of piperidine rings is 1. The SMILES string of the molecule is O=C(Oc1cccs1)N(CC1C2CN(Cc3cc(C(F)(F)F)ccc3F)CC21)c1ccc(N2CCOCC2)c(F)c1. The number of carbonyl (C=O) groups is 1. The average molecular weight is 594 g/mol. The number of hydrogen-bond acceptors (Lipinski definition) is 6. The van der Waals surface area contributed by atoms with Gasteiger partial charge in [0.1, 0.15) is 11.6 Å². The van der Waals surface area contributed by atoms with E-state index in [4.69, 9.17) is 9.47 Å². The van der Waals surface area contributed by atoms with Crippen molar-refractivity contribution < 1.29 is 36.2 Å². The molecular weight excluding hydrogens is 565 g/mol. The Morgan fingerprint density at radius 2 is 1.78 bits per heavy atom. The van der Waals surface area contributed by atoms with E-state index in [1.807, 2.05) is 9.80 Å². The number of likely N-dealkylation sites (tertiary alicyclic amines) is 1. The first-order valence-electron chi connectivity index (χ1n) is 13.4. The minimum Gasteiger partial charge on any atom is -0.399 e. The minimum atomic E-state index is -4.54. The van der Waals surface area contributed by atoms with Crippen LogP contribution in [0.5, 0.6) is 5.06 Å². The Kier molecular flexibility index (Phi) is 7.64. The summed E-state index contributed by atoms with van der Waals surface area (Å²) >= 11 is 1.27. The third kappa shape index (κ3) is 6.05. The number of benzene rings is 2. The fraction of sp³-hybridized carbons (Fsp3) is 0.414. The summed E-state index contributed by atoms with van der Waals surface area (Å²) in [5.74, 6) is -0.615. The molecule has 41 heavy (non-hydrogen) atoms. The van der Waals surface area contributed by atoms with E-state index in [0.717, 1.165) is 18.2 Å². The Morgan fingerprint density at radius 3 is 2.44 bits per heavy atom. The molecule has 3 fully saturated rings. The maximum absolute atomic E-state index is 15.2. The van der Waals surface area contributed by atoms with E-state index in [-0.39, 0.29) is 29.9 Å². The van der Waals surface area contributed by atoms with Gasteiger partial charge in [-0.05, 0) is 71.7 Å². The van der Waals surface area contributed by atoms with Crippen molar-refractivity contribution in [1.29, 1.82) is 0 Å². The second kappa shape index (κ2) is 11.2. The van der Waals surface area contributed by atoms with Gasteiger partial charge in [0.25, 0.3) is 0 Å². The fourth-order valence-electron chi connectivity index (χ4n) is 5.93. The molecule has 6 rings (SSSR count). The van der Waals surface area contributed by atoms with Crippen molar-refractivity contribution in [2.24, 2.45) is 17.8 Å². The molecule has 3 aromatic rings. The molecule has 2 unspecified atom stereocenters. The van der Waals surface area contributed by atoms with Crippen LogP contribution in [0.25, 0.3) is 0 Å². The van der Waals surface area contributed by atoms with Gasteiger partial charge in [-0.2, -0.15) is 13.2 Å². The number of alkyl halides is 3. The molecule has 2 saturated heterocycles. The lowest BCUT2D eigenvalue weighted by atomic mass is 10.1. The van der Waals surface area contributed by atoms with Crippen LogP contribution in [0, 0.1) is 29.4 Å². The molecule has 12 heteroatoms. The standard InChI is InChI=1S/C29H28F5N3O3S/c30-24-5-3-19(29(32,33)34)12-18(24)14-35-15-21-22(16-35)23(21)17-37(28(38)40-27-2-1-11-41-27)20-4-6-26(25(31)13-20)36-7-9-39-10-8-36/h1-6,11-13,21-23H,7-10,14-17H2. The molecule has 0 bridgehead atoms. The Morgan fingerprint density at radius 1 is 1.02 bits per heavy atom. The molecule has 1 aliphatic carbocycles. The molecule has 3 heterocycles. The Hall–Kier alpha value is -3.22. The van der Waals surface area contributed by atoms with Gasteiger partial charge in [-0.15, -0.1) is 11.3 Å². The summed E-state index contributed by atoms with van der Waals surface area (Å²) in [6, 6.07) is 10.6. The first kappa shape index (κ1) is 27.9. The van der Waals surface area contributed by atoms with E-state index in [2.05, 4.69) is 0 Å². The maximum Gasteiger partial charge on any atom is 0.420 e. The molecule has 218 valence electrons. The monoisotopic (exact) mass is 593 g/mol. The highest BCUT2D eigenvalue weighted by molar-refractivity contribution is 7.11. The van der Waals surface area contributed by atoms with Gasteiger partial charge in [-0.25, -0.2) is 13.6 Å². The van der Waals surface area contributed by atoms with E-state index in [9.17, 15) is 22.4 Å². The molecule has 0 spiro atoms. The summed E-state index contributed by atoms with van der Waals surface area (Å²) in [7, 11) is 0. The minimum absolute atomic E-state index is 0.00894. The van der Waals surface area contributed by atoms with Crippen LogP contribution in [0.4, 0.5) is 38.1 Å². The summed E-state index contributed by atoms with van der Waals surface area (Å²) < 4.78 is 79.8. The van der Waals surface area contributed by atoms with Crippen molar-refractivity contribution in [3.05, 3.63) is 76.7 Å². The summed E-state index contributed by atoms with van der Waals surface area (Å²) in [5, 5.41) is 2.22. The second-order valence-electron chi connectivity index (χ2n) is 10.6. The number of fused-ring (bicyclic) bond motifs is 1. The number of amides is 1. The number of halogens is 5. The summed E-state index contributed by atoms with van der Waals surface area (Å²) in [5.41, 5.74) is -0.0316. The van der Waals surface area contributed by atoms with Gasteiger partial charge in [0.05, 0.1) is 30.2 Å². The van der Waals surface area contributed by atoms with Gasteiger partial charge in [0.15, 0.2) is 5.06 Å². The van der Waals surface area contributed by atoms with Crippen LogP contribution in [0.15, 0.2) is 53.9 Å². The Balaban J connectivity index is 1.14. The molecule has 1 aromatic heterocycles. The number of hydrogen-bond donors (Lipinski definition) is 0. The number of ether oxygens (including phenoxy) is 2. The van der Waals surface area contributed by atoms with Crippen molar-refractivity contribution in [2.45, 2.75) is 12.7 Å². The maximum atomic E-state index is 15.2. The number of carbonyl (C=O) groups excluding carboxylic acids is 1. The molecule has 1 saturated carbocycles. The summed E-state index contributed by atoms with van der Waals surface area (Å²) in [6.07, 6.45) is -5.15. The highest BCUT2D eigenvalue weighted by Crippen LogP contribution is 2.52. The lowest BCUT2D eigenvalue weighted by molar-refractivity contribution is -0.137. The number of morpholine rings is 1. The molecule has 2 atom stereocenters.